The number of nitrogens with two attached hydrogens (primary N) is 1. The van der Waals surface area contributed by atoms with Crippen molar-refractivity contribution in [2.45, 2.75) is 24.5 Å². The Morgan fingerprint density at radius 1 is 1.28 bits per heavy atom. The molecule has 11 nitrogen and oxygen atoms in total. The van der Waals surface area contributed by atoms with E-state index in [1.54, 1.807) is 6.20 Å². The summed E-state index contributed by atoms with van der Waals surface area (Å²) in [5.41, 5.74) is 6.94. The average Bonchev–Trinajstić information content (AvgIpc) is 3.26. The molecule has 4 rings (SSSR count). The van der Waals surface area contributed by atoms with Gasteiger partial charge in [-0.1, -0.05) is 0 Å². The maximum absolute atomic E-state index is 10.3. The number of nitrogens with zero attached hydrogens (tertiary/aromatic N) is 4. The number of aliphatic hydroxyl groups is 3. The van der Waals surface area contributed by atoms with Gasteiger partial charge in [-0.05, 0) is 12.2 Å². The van der Waals surface area contributed by atoms with E-state index in [9.17, 15) is 15.3 Å². The van der Waals surface area contributed by atoms with E-state index in [1.807, 2.05) is 0 Å². The van der Waals surface area contributed by atoms with Gasteiger partial charge in [0.25, 0.3) is 0 Å². The molecular weight excluding hydrogens is 350 g/mol. The highest BCUT2D eigenvalue weighted by Gasteiger charge is 2.44. The Morgan fingerprint density at radius 3 is 2.72 bits per heavy atom. The lowest BCUT2D eigenvalue weighted by Crippen LogP contribution is -2.33. The Bertz CT molecular complexity index is 982. The van der Waals surface area contributed by atoms with Crippen LogP contribution in [0.5, 0.6) is 0 Å². The monoisotopic (exact) mass is 365 g/mol. The van der Waals surface area contributed by atoms with Gasteiger partial charge in [0.15, 0.2) is 12.1 Å². The van der Waals surface area contributed by atoms with Crippen LogP contribution in [0.3, 0.4) is 0 Å². The molecule has 7 N–H and O–H groups in total. The van der Waals surface area contributed by atoms with Crippen LogP contribution in [0.15, 0.2) is 12.5 Å². The number of aliphatic hydroxyl groups excluding tert-OH is 3. The summed E-state index contributed by atoms with van der Waals surface area (Å²) in [4.78, 5) is 12.4. The number of H-pyrrole nitrogens is 2. The van der Waals surface area contributed by atoms with Crippen LogP contribution in [-0.4, -0.2) is 70.0 Å². The van der Waals surface area contributed by atoms with Crippen LogP contribution >= 0.6 is 12.2 Å². The molecule has 0 spiro atoms. The van der Waals surface area contributed by atoms with Crippen molar-refractivity contribution >= 4 is 29.1 Å². The normalized spacial score (nSPS) is 26.5. The second-order valence-corrected chi connectivity index (χ2v) is 6.04. The zero-order valence-corrected chi connectivity index (χ0v) is 13.5. The summed E-state index contributed by atoms with van der Waals surface area (Å²) in [6.07, 6.45) is -1.44. The van der Waals surface area contributed by atoms with Gasteiger partial charge in [-0.15, -0.1) is 0 Å². The highest BCUT2D eigenvalue weighted by atomic mass is 32.1. The van der Waals surface area contributed by atoms with Gasteiger partial charge in [0, 0.05) is 11.8 Å². The van der Waals surface area contributed by atoms with Gasteiger partial charge in [0.2, 0.25) is 4.77 Å². The van der Waals surface area contributed by atoms with E-state index < -0.39 is 31.1 Å². The van der Waals surface area contributed by atoms with Gasteiger partial charge >= 0.3 is 0 Å². The molecule has 0 aromatic carbocycles. The van der Waals surface area contributed by atoms with Crippen molar-refractivity contribution in [2.24, 2.45) is 0 Å². The van der Waals surface area contributed by atoms with Crippen molar-refractivity contribution in [3.63, 3.8) is 0 Å². The summed E-state index contributed by atoms with van der Waals surface area (Å²) in [7, 11) is 0. The Morgan fingerprint density at radius 2 is 2.08 bits per heavy atom. The molecule has 132 valence electrons. The molecule has 1 aliphatic heterocycles. The number of aromatic nitrogens is 6. The van der Waals surface area contributed by atoms with Crippen molar-refractivity contribution in [3.8, 4) is 11.4 Å². The fourth-order valence-corrected chi connectivity index (χ4v) is 3.13. The van der Waals surface area contributed by atoms with Crippen molar-refractivity contribution in [1.29, 1.82) is 0 Å². The number of nitrogens with one attached hydrogen (secondary N) is 2. The van der Waals surface area contributed by atoms with Crippen LogP contribution < -0.4 is 5.73 Å². The van der Waals surface area contributed by atoms with Crippen molar-refractivity contribution in [1.82, 2.24) is 29.7 Å². The molecule has 3 aromatic rings. The summed E-state index contributed by atoms with van der Waals surface area (Å²) < 4.78 is 7.37. The summed E-state index contributed by atoms with van der Waals surface area (Å²) in [6.45, 7) is -0.426. The molecule has 4 heterocycles. The van der Waals surface area contributed by atoms with E-state index in [0.29, 0.717) is 22.4 Å². The second-order valence-electron chi connectivity index (χ2n) is 5.65. The first-order chi connectivity index (χ1) is 12.0. The molecule has 0 bridgehead atoms. The van der Waals surface area contributed by atoms with E-state index in [-0.39, 0.29) is 10.6 Å². The van der Waals surface area contributed by atoms with E-state index in [0.717, 1.165) is 0 Å². The van der Waals surface area contributed by atoms with E-state index in [1.165, 1.54) is 10.9 Å². The Hall–Kier alpha value is -2.38. The molecule has 4 unspecified atom stereocenters. The molecule has 1 aliphatic rings. The first-order valence-corrected chi connectivity index (χ1v) is 7.80. The molecular formula is C13H15N7O4S. The quantitative estimate of drug-likeness (QED) is 0.321. The van der Waals surface area contributed by atoms with Crippen molar-refractivity contribution in [3.05, 3.63) is 17.3 Å². The molecule has 3 aromatic heterocycles. The maximum Gasteiger partial charge on any atom is 0.213 e. The summed E-state index contributed by atoms with van der Waals surface area (Å²) in [6, 6.07) is 0. The number of aromatic amines is 2. The number of hydrogen-bond donors (Lipinski definition) is 6. The fraction of sp³-hybridized carbons (Fsp3) is 0.385. The second kappa shape index (κ2) is 5.86. The van der Waals surface area contributed by atoms with Crippen LogP contribution in [0, 0.1) is 4.77 Å². The lowest BCUT2D eigenvalue weighted by atomic mass is 10.1. The number of fused-ring (bicyclic) bond motifs is 1. The van der Waals surface area contributed by atoms with E-state index in [4.69, 9.17) is 22.7 Å². The third-order valence-electron chi connectivity index (χ3n) is 4.19. The minimum Gasteiger partial charge on any atom is -0.394 e. The van der Waals surface area contributed by atoms with Crippen LogP contribution in [0.25, 0.3) is 22.4 Å². The topological polar surface area (TPSA) is 171 Å². The molecule has 0 amide bonds. The largest absolute Gasteiger partial charge is 0.394 e. The standard InChI is InChI=1S/C13H15N7O4S/c14-9-6-4(10-17-13(25)19-18-10)1-20(11(6)16-3-15-9)12-8(23)7(22)5(2-21)24-12/h1,3,5,7-8,12,21-23H,2H2,(H2,14,15,16)(H2,17,18,19,25). The van der Waals surface area contributed by atoms with Gasteiger partial charge in [0.1, 0.15) is 36.1 Å². The third-order valence-corrected chi connectivity index (χ3v) is 4.38. The molecule has 4 atom stereocenters. The Kier molecular flexibility index (Phi) is 3.77. The lowest BCUT2D eigenvalue weighted by Gasteiger charge is -2.17. The number of hydrogen-bond acceptors (Lipinski definition) is 9. The Labute approximate surface area is 145 Å². The molecule has 0 saturated carbocycles. The van der Waals surface area contributed by atoms with Crippen LogP contribution in [0.4, 0.5) is 5.82 Å². The Balaban J connectivity index is 1.91. The molecule has 1 fully saturated rings. The molecule has 0 radical (unpaired) electrons. The smallest absolute Gasteiger partial charge is 0.213 e. The van der Waals surface area contributed by atoms with Gasteiger partial charge < -0.3 is 30.4 Å². The van der Waals surface area contributed by atoms with Crippen molar-refractivity contribution in [2.75, 3.05) is 12.3 Å². The maximum atomic E-state index is 10.3. The minimum atomic E-state index is -1.26. The highest BCUT2D eigenvalue weighted by Crippen LogP contribution is 2.37. The molecule has 1 saturated heterocycles. The molecule has 25 heavy (non-hydrogen) atoms. The predicted octanol–water partition coefficient (Wildman–Crippen LogP) is -0.927. The first-order valence-electron chi connectivity index (χ1n) is 7.39. The van der Waals surface area contributed by atoms with Gasteiger partial charge in [-0.25, -0.2) is 9.97 Å². The predicted molar refractivity (Wildman–Crippen MR) is 87.7 cm³/mol. The third kappa shape index (κ3) is 2.42. The minimum absolute atomic E-state index is 0.216. The van der Waals surface area contributed by atoms with Gasteiger partial charge in [-0.2, -0.15) is 4.98 Å². The number of nitrogen functional groups attached to an aromatic ring is 1. The van der Waals surface area contributed by atoms with Crippen LogP contribution in [0.2, 0.25) is 0 Å². The van der Waals surface area contributed by atoms with Gasteiger partial charge in [-0.3, -0.25) is 10.2 Å². The number of ether oxygens (including phenoxy) is 1. The lowest BCUT2D eigenvalue weighted by molar-refractivity contribution is -0.0508. The SMILES string of the molecule is Nc1ncnc2c1c(-c1nc(=S)[nH][nH]1)cn2C1OC(CO)C(O)C1O. The molecule has 12 heteroatoms. The summed E-state index contributed by atoms with van der Waals surface area (Å²) in [5, 5.41) is 35.6. The highest BCUT2D eigenvalue weighted by molar-refractivity contribution is 7.71. The van der Waals surface area contributed by atoms with Crippen LogP contribution in [0.1, 0.15) is 6.23 Å². The van der Waals surface area contributed by atoms with E-state index >= 15 is 0 Å². The number of anilines is 1. The fourth-order valence-electron chi connectivity index (χ4n) is 2.99. The first kappa shape index (κ1) is 16.1. The summed E-state index contributed by atoms with van der Waals surface area (Å²) in [5.74, 6) is 0.634. The average molecular weight is 365 g/mol. The van der Waals surface area contributed by atoms with Crippen LogP contribution in [-0.2, 0) is 4.74 Å². The van der Waals surface area contributed by atoms with E-state index in [2.05, 4.69) is 25.1 Å². The van der Waals surface area contributed by atoms with Crippen molar-refractivity contribution < 1.29 is 20.1 Å². The zero-order chi connectivity index (χ0) is 17.7. The molecule has 0 aliphatic carbocycles. The zero-order valence-electron chi connectivity index (χ0n) is 12.7. The number of rotatable bonds is 3. The van der Waals surface area contributed by atoms with Gasteiger partial charge in [0.05, 0.1) is 12.0 Å². The summed E-state index contributed by atoms with van der Waals surface area (Å²) >= 11 is 4.98.